The molecular formula is C18H20N2O3. The summed E-state index contributed by atoms with van der Waals surface area (Å²) in [6.45, 7) is 4.85. The number of hydrogen-bond donors (Lipinski definition) is 1. The minimum atomic E-state index is -0.359. The zero-order valence-electron chi connectivity index (χ0n) is 13.3. The number of H-pyrrole nitrogens is 1. The molecule has 1 aromatic carbocycles. The minimum absolute atomic E-state index is 0.0159. The van der Waals surface area contributed by atoms with Gasteiger partial charge >= 0.3 is 0 Å². The summed E-state index contributed by atoms with van der Waals surface area (Å²) in [5.74, 6) is -0.242. The van der Waals surface area contributed by atoms with Crippen molar-refractivity contribution in [3.8, 4) is 11.3 Å². The third-order valence-electron chi connectivity index (χ3n) is 4.09. The highest BCUT2D eigenvalue weighted by atomic mass is 16.5. The van der Waals surface area contributed by atoms with Crippen LogP contribution in [0.4, 0.5) is 0 Å². The molecule has 0 aliphatic carbocycles. The van der Waals surface area contributed by atoms with Gasteiger partial charge in [-0.2, -0.15) is 0 Å². The van der Waals surface area contributed by atoms with Gasteiger partial charge in [-0.1, -0.05) is 30.3 Å². The summed E-state index contributed by atoms with van der Waals surface area (Å²) >= 11 is 0. The van der Waals surface area contributed by atoms with E-state index in [1.165, 1.54) is 0 Å². The van der Waals surface area contributed by atoms with E-state index in [1.54, 1.807) is 17.0 Å². The SMILES string of the molecule is C[C@@H]1CN(C(=O)c2ccc(-c3ccccc3)[nH]c2=O)[C@@H](C)CO1. The van der Waals surface area contributed by atoms with Gasteiger partial charge in [-0.25, -0.2) is 0 Å². The van der Waals surface area contributed by atoms with E-state index in [0.29, 0.717) is 18.8 Å². The summed E-state index contributed by atoms with van der Waals surface area (Å²) in [6, 6.07) is 12.9. The molecule has 5 nitrogen and oxygen atoms in total. The molecule has 1 saturated heterocycles. The molecule has 0 spiro atoms. The molecule has 3 rings (SSSR count). The maximum absolute atomic E-state index is 12.7. The Kier molecular flexibility index (Phi) is 4.30. The van der Waals surface area contributed by atoms with Gasteiger partial charge in [0.15, 0.2) is 0 Å². The second-order valence-electron chi connectivity index (χ2n) is 5.93. The smallest absolute Gasteiger partial charge is 0.261 e. The van der Waals surface area contributed by atoms with Crippen molar-refractivity contribution in [2.45, 2.75) is 26.0 Å². The van der Waals surface area contributed by atoms with Crippen molar-refractivity contribution >= 4 is 5.91 Å². The van der Waals surface area contributed by atoms with Crippen molar-refractivity contribution in [1.29, 1.82) is 0 Å². The molecule has 2 aromatic rings. The van der Waals surface area contributed by atoms with E-state index in [4.69, 9.17) is 4.74 Å². The number of nitrogens with zero attached hydrogens (tertiary/aromatic N) is 1. The summed E-state index contributed by atoms with van der Waals surface area (Å²) in [5, 5.41) is 0. The average molecular weight is 312 g/mol. The predicted octanol–water partition coefficient (Wildman–Crippen LogP) is 2.29. The average Bonchev–Trinajstić information content (AvgIpc) is 2.57. The normalized spacial score (nSPS) is 21.2. The van der Waals surface area contributed by atoms with E-state index >= 15 is 0 Å². The molecule has 1 amide bonds. The fourth-order valence-electron chi connectivity index (χ4n) is 2.77. The van der Waals surface area contributed by atoms with Crippen LogP contribution in [0.25, 0.3) is 11.3 Å². The second kappa shape index (κ2) is 6.38. The summed E-state index contributed by atoms with van der Waals surface area (Å²) < 4.78 is 5.53. The zero-order valence-corrected chi connectivity index (χ0v) is 13.3. The van der Waals surface area contributed by atoms with Crippen molar-refractivity contribution in [3.05, 3.63) is 58.4 Å². The van der Waals surface area contributed by atoms with Crippen molar-refractivity contribution < 1.29 is 9.53 Å². The van der Waals surface area contributed by atoms with E-state index in [1.807, 2.05) is 44.2 Å². The molecule has 1 fully saturated rings. The number of carbonyl (C=O) groups is 1. The van der Waals surface area contributed by atoms with Crippen molar-refractivity contribution in [3.63, 3.8) is 0 Å². The monoisotopic (exact) mass is 312 g/mol. The van der Waals surface area contributed by atoms with Crippen LogP contribution < -0.4 is 5.56 Å². The maximum atomic E-state index is 12.7. The number of pyridine rings is 1. The van der Waals surface area contributed by atoms with Gasteiger partial charge in [0, 0.05) is 12.2 Å². The van der Waals surface area contributed by atoms with Crippen LogP contribution in [0.1, 0.15) is 24.2 Å². The fourth-order valence-corrected chi connectivity index (χ4v) is 2.77. The molecule has 1 aromatic heterocycles. The van der Waals surface area contributed by atoms with E-state index in [9.17, 15) is 9.59 Å². The molecule has 2 atom stereocenters. The number of carbonyl (C=O) groups excluding carboxylic acids is 1. The van der Waals surface area contributed by atoms with Gasteiger partial charge in [0.2, 0.25) is 0 Å². The van der Waals surface area contributed by atoms with Crippen LogP contribution >= 0.6 is 0 Å². The zero-order chi connectivity index (χ0) is 16.4. The molecule has 2 heterocycles. The van der Waals surface area contributed by atoms with Gasteiger partial charge in [0.1, 0.15) is 5.56 Å². The van der Waals surface area contributed by atoms with Crippen molar-refractivity contribution in [1.82, 2.24) is 9.88 Å². The van der Waals surface area contributed by atoms with Crippen LogP contribution in [0.2, 0.25) is 0 Å². The highest BCUT2D eigenvalue weighted by molar-refractivity contribution is 5.94. The first kappa shape index (κ1) is 15.5. The fraction of sp³-hybridized carbons (Fsp3) is 0.333. The summed E-state index contributed by atoms with van der Waals surface area (Å²) in [5.41, 5.74) is 1.43. The topological polar surface area (TPSA) is 62.4 Å². The summed E-state index contributed by atoms with van der Waals surface area (Å²) in [6.07, 6.45) is -0.0159. The van der Waals surface area contributed by atoms with E-state index in [2.05, 4.69) is 4.98 Å². The molecule has 0 radical (unpaired) electrons. The van der Waals surface area contributed by atoms with Gasteiger partial charge in [-0.15, -0.1) is 0 Å². The number of aromatic amines is 1. The van der Waals surface area contributed by atoms with E-state index in [0.717, 1.165) is 5.56 Å². The van der Waals surface area contributed by atoms with Gasteiger partial charge in [0.25, 0.3) is 11.5 Å². The van der Waals surface area contributed by atoms with Crippen LogP contribution in [0.15, 0.2) is 47.3 Å². The van der Waals surface area contributed by atoms with Gasteiger partial charge in [-0.3, -0.25) is 9.59 Å². The number of hydrogen-bond acceptors (Lipinski definition) is 3. The first-order valence-electron chi connectivity index (χ1n) is 7.77. The Morgan fingerprint density at radius 1 is 1.17 bits per heavy atom. The highest BCUT2D eigenvalue weighted by Gasteiger charge is 2.29. The number of amides is 1. The Morgan fingerprint density at radius 2 is 1.91 bits per heavy atom. The van der Waals surface area contributed by atoms with E-state index in [-0.39, 0.29) is 29.2 Å². The predicted molar refractivity (Wildman–Crippen MR) is 88.4 cm³/mol. The standard InChI is InChI=1S/C18H20N2O3/c1-12-11-23-13(2)10-20(12)18(22)15-8-9-16(19-17(15)21)14-6-4-3-5-7-14/h3-9,12-13H,10-11H2,1-2H3,(H,19,21)/t12-,13+/m0/s1. The number of benzene rings is 1. The molecular weight excluding hydrogens is 292 g/mol. The van der Waals surface area contributed by atoms with Crippen LogP contribution in [-0.2, 0) is 4.74 Å². The largest absolute Gasteiger partial charge is 0.375 e. The Bertz CT molecular complexity index is 754. The first-order chi connectivity index (χ1) is 11.1. The van der Waals surface area contributed by atoms with Crippen LogP contribution in [0, 0.1) is 0 Å². The van der Waals surface area contributed by atoms with Crippen LogP contribution in [0.3, 0.4) is 0 Å². The number of morpholine rings is 1. The van der Waals surface area contributed by atoms with Crippen LogP contribution in [0.5, 0.6) is 0 Å². The number of rotatable bonds is 2. The van der Waals surface area contributed by atoms with Gasteiger partial charge in [0.05, 0.1) is 18.8 Å². The third-order valence-corrected chi connectivity index (χ3v) is 4.09. The lowest BCUT2D eigenvalue weighted by molar-refractivity contribution is -0.0387. The second-order valence-corrected chi connectivity index (χ2v) is 5.93. The lowest BCUT2D eigenvalue weighted by atomic mass is 10.1. The lowest BCUT2D eigenvalue weighted by Crippen LogP contribution is -2.51. The molecule has 120 valence electrons. The summed E-state index contributed by atoms with van der Waals surface area (Å²) in [7, 11) is 0. The quantitative estimate of drug-likeness (QED) is 0.925. The molecule has 5 heteroatoms. The Hall–Kier alpha value is -2.40. The Labute approximate surface area is 134 Å². The van der Waals surface area contributed by atoms with E-state index < -0.39 is 0 Å². The van der Waals surface area contributed by atoms with Crippen molar-refractivity contribution in [2.24, 2.45) is 0 Å². The molecule has 23 heavy (non-hydrogen) atoms. The maximum Gasteiger partial charge on any atom is 0.261 e. The molecule has 0 saturated carbocycles. The molecule has 0 unspecified atom stereocenters. The molecule has 0 bridgehead atoms. The Balaban J connectivity index is 1.89. The number of aromatic nitrogens is 1. The molecule has 1 aliphatic heterocycles. The van der Waals surface area contributed by atoms with Gasteiger partial charge in [-0.05, 0) is 31.5 Å². The third kappa shape index (κ3) is 3.19. The first-order valence-corrected chi connectivity index (χ1v) is 7.77. The lowest BCUT2D eigenvalue weighted by Gasteiger charge is -2.36. The van der Waals surface area contributed by atoms with Gasteiger partial charge < -0.3 is 14.6 Å². The highest BCUT2D eigenvalue weighted by Crippen LogP contribution is 2.17. The van der Waals surface area contributed by atoms with Crippen LogP contribution in [-0.4, -0.2) is 41.1 Å². The molecule has 1 N–H and O–H groups in total. The molecule has 1 aliphatic rings. The van der Waals surface area contributed by atoms with Crippen molar-refractivity contribution in [2.75, 3.05) is 13.2 Å². The Morgan fingerprint density at radius 3 is 2.61 bits per heavy atom. The minimum Gasteiger partial charge on any atom is -0.375 e. The number of nitrogens with one attached hydrogen (secondary N) is 1. The number of ether oxygens (including phenoxy) is 1. The summed E-state index contributed by atoms with van der Waals surface area (Å²) in [4.78, 5) is 29.5.